The molecule has 0 bridgehead atoms. The number of rotatable bonds is 8. The molecule has 3 aromatic rings. The fourth-order valence-electron chi connectivity index (χ4n) is 2.23. The molecule has 150 valence electrons. The summed E-state index contributed by atoms with van der Waals surface area (Å²) in [5.74, 6) is 0. The Hall–Kier alpha value is -0.980. The molecule has 2 aromatic heterocycles. The summed E-state index contributed by atoms with van der Waals surface area (Å²) in [4.78, 5) is 0. The van der Waals surface area contributed by atoms with Gasteiger partial charge in [0.2, 0.25) is 20.0 Å². The maximum absolute atomic E-state index is 12.3. The number of hydrogen-bond donors (Lipinski definition) is 2. The van der Waals surface area contributed by atoms with E-state index < -0.39 is 20.0 Å². The number of halogens is 2. The largest absolute Gasteiger partial charge is 0.250 e. The van der Waals surface area contributed by atoms with Gasteiger partial charge >= 0.3 is 0 Å². The average Bonchev–Trinajstić information content (AvgIpc) is 3.28. The summed E-state index contributed by atoms with van der Waals surface area (Å²) in [6.07, 6.45) is 0. The van der Waals surface area contributed by atoms with Crippen LogP contribution < -0.4 is 9.44 Å². The summed E-state index contributed by atoms with van der Waals surface area (Å²) in [7, 11) is -7.32. The monoisotopic (exact) mass is 496 g/mol. The van der Waals surface area contributed by atoms with E-state index in [0.717, 1.165) is 22.7 Å². The second kappa shape index (κ2) is 8.80. The minimum absolute atomic E-state index is 0.0684. The van der Waals surface area contributed by atoms with Crippen LogP contribution in [0.4, 0.5) is 0 Å². The Kier molecular flexibility index (Phi) is 6.83. The van der Waals surface area contributed by atoms with Crippen LogP contribution in [-0.4, -0.2) is 16.8 Å². The molecule has 0 saturated heterocycles. The Morgan fingerprint density at radius 1 is 0.714 bits per heavy atom. The number of thiophene rings is 2. The molecular weight excluding hydrogens is 483 g/mol. The third-order valence-corrected chi connectivity index (χ3v) is 9.80. The van der Waals surface area contributed by atoms with E-state index in [4.69, 9.17) is 23.2 Å². The van der Waals surface area contributed by atoms with Gasteiger partial charge in [-0.15, -0.1) is 22.7 Å². The van der Waals surface area contributed by atoms with Crippen molar-refractivity contribution in [3.8, 4) is 0 Å². The molecule has 1 aromatic carbocycles. The van der Waals surface area contributed by atoms with Crippen molar-refractivity contribution in [1.29, 1.82) is 0 Å². The quantitative estimate of drug-likeness (QED) is 0.491. The topological polar surface area (TPSA) is 92.3 Å². The summed E-state index contributed by atoms with van der Waals surface area (Å²) >= 11 is 13.5. The SMILES string of the molecule is O=S(=O)(NCc1cccc(CNS(=O)(=O)c2ccc(Cl)s2)c1)c1ccc(Cl)s1. The first kappa shape index (κ1) is 21.7. The van der Waals surface area contributed by atoms with E-state index in [9.17, 15) is 16.8 Å². The lowest BCUT2D eigenvalue weighted by atomic mass is 10.1. The molecule has 0 spiro atoms. The van der Waals surface area contributed by atoms with Crippen molar-refractivity contribution < 1.29 is 16.8 Å². The van der Waals surface area contributed by atoms with Crippen LogP contribution in [0.25, 0.3) is 0 Å². The summed E-state index contributed by atoms with van der Waals surface area (Å²) in [5, 5.41) is 0. The maximum atomic E-state index is 12.3. The number of hydrogen-bond acceptors (Lipinski definition) is 6. The molecule has 0 aliphatic carbocycles. The number of benzene rings is 1. The Balaban J connectivity index is 1.64. The zero-order valence-electron chi connectivity index (χ0n) is 14.1. The lowest BCUT2D eigenvalue weighted by molar-refractivity contribution is 0.582. The van der Waals surface area contributed by atoms with E-state index in [2.05, 4.69) is 9.44 Å². The van der Waals surface area contributed by atoms with Crippen LogP contribution in [0.2, 0.25) is 8.67 Å². The van der Waals surface area contributed by atoms with Gasteiger partial charge in [0.25, 0.3) is 0 Å². The van der Waals surface area contributed by atoms with Crippen molar-refractivity contribution in [2.75, 3.05) is 0 Å². The van der Waals surface area contributed by atoms with E-state index >= 15 is 0 Å². The van der Waals surface area contributed by atoms with Gasteiger partial charge in [-0.25, -0.2) is 26.3 Å². The van der Waals surface area contributed by atoms with Crippen molar-refractivity contribution in [1.82, 2.24) is 9.44 Å². The fraction of sp³-hybridized carbons (Fsp3) is 0.125. The maximum Gasteiger partial charge on any atom is 0.250 e. The molecule has 2 N–H and O–H groups in total. The molecule has 0 atom stereocenters. The smallest absolute Gasteiger partial charge is 0.206 e. The highest BCUT2D eigenvalue weighted by Crippen LogP contribution is 2.26. The molecule has 3 rings (SSSR count). The van der Waals surface area contributed by atoms with Crippen LogP contribution in [0.3, 0.4) is 0 Å². The summed E-state index contributed by atoms with van der Waals surface area (Å²) in [6, 6.07) is 12.9. The van der Waals surface area contributed by atoms with Crippen LogP contribution >= 0.6 is 45.9 Å². The Morgan fingerprint density at radius 3 is 1.50 bits per heavy atom. The molecule has 2 heterocycles. The van der Waals surface area contributed by atoms with Gasteiger partial charge in [-0.05, 0) is 35.4 Å². The van der Waals surface area contributed by atoms with Crippen LogP contribution in [-0.2, 0) is 33.1 Å². The van der Waals surface area contributed by atoms with Gasteiger partial charge in [0.1, 0.15) is 8.42 Å². The summed E-state index contributed by atoms with van der Waals surface area (Å²) in [6.45, 7) is 0.137. The normalized spacial score (nSPS) is 12.4. The average molecular weight is 497 g/mol. The highest BCUT2D eigenvalue weighted by atomic mass is 35.5. The van der Waals surface area contributed by atoms with E-state index in [1.165, 1.54) is 24.3 Å². The van der Waals surface area contributed by atoms with Crippen LogP contribution in [0.15, 0.2) is 56.9 Å². The van der Waals surface area contributed by atoms with Crippen molar-refractivity contribution in [2.24, 2.45) is 0 Å². The van der Waals surface area contributed by atoms with Crippen molar-refractivity contribution in [2.45, 2.75) is 21.5 Å². The molecule has 0 amide bonds. The fourth-order valence-corrected chi connectivity index (χ4v) is 7.32. The summed E-state index contributed by atoms with van der Waals surface area (Å²) < 4.78 is 55.1. The van der Waals surface area contributed by atoms with Crippen LogP contribution in [0, 0.1) is 0 Å². The van der Waals surface area contributed by atoms with Gasteiger partial charge in [0, 0.05) is 13.1 Å². The molecule has 12 heteroatoms. The minimum Gasteiger partial charge on any atom is -0.206 e. The molecule has 28 heavy (non-hydrogen) atoms. The van der Waals surface area contributed by atoms with Gasteiger partial charge in [-0.2, -0.15) is 0 Å². The predicted molar refractivity (Wildman–Crippen MR) is 113 cm³/mol. The predicted octanol–water partition coefficient (Wildman–Crippen LogP) is 4.07. The van der Waals surface area contributed by atoms with E-state index in [1.807, 2.05) is 0 Å². The van der Waals surface area contributed by atoms with Gasteiger partial charge in [-0.1, -0.05) is 47.5 Å². The van der Waals surface area contributed by atoms with E-state index in [1.54, 1.807) is 24.3 Å². The minimum atomic E-state index is -3.66. The van der Waals surface area contributed by atoms with Crippen molar-refractivity contribution in [3.05, 3.63) is 68.3 Å². The first-order valence-corrected chi connectivity index (χ1v) is 13.1. The Morgan fingerprint density at radius 2 is 1.14 bits per heavy atom. The molecule has 0 saturated carbocycles. The van der Waals surface area contributed by atoms with Crippen molar-refractivity contribution in [3.63, 3.8) is 0 Å². The highest BCUT2D eigenvalue weighted by Gasteiger charge is 2.17. The van der Waals surface area contributed by atoms with Gasteiger partial charge in [0.05, 0.1) is 8.67 Å². The third kappa shape index (κ3) is 5.55. The molecular formula is C16H14Cl2N2O4S4. The number of nitrogens with one attached hydrogen (secondary N) is 2. The Labute approximate surface area is 181 Å². The van der Waals surface area contributed by atoms with Crippen LogP contribution in [0.1, 0.15) is 11.1 Å². The highest BCUT2D eigenvalue weighted by molar-refractivity contribution is 7.92. The molecule has 0 radical (unpaired) electrons. The zero-order valence-corrected chi connectivity index (χ0v) is 18.8. The van der Waals surface area contributed by atoms with Gasteiger partial charge < -0.3 is 0 Å². The third-order valence-electron chi connectivity index (χ3n) is 3.55. The molecule has 6 nitrogen and oxygen atoms in total. The lowest BCUT2D eigenvalue weighted by Crippen LogP contribution is -2.23. The Bertz CT molecular complexity index is 1100. The summed E-state index contributed by atoms with van der Waals surface area (Å²) in [5.41, 5.74) is 1.39. The first-order valence-electron chi connectivity index (χ1n) is 7.73. The van der Waals surface area contributed by atoms with Gasteiger partial charge in [0.15, 0.2) is 0 Å². The van der Waals surface area contributed by atoms with Crippen LogP contribution in [0.5, 0.6) is 0 Å². The lowest BCUT2D eigenvalue weighted by Gasteiger charge is -2.08. The zero-order chi connectivity index (χ0) is 20.4. The second-order valence-electron chi connectivity index (χ2n) is 5.59. The molecule has 0 fully saturated rings. The standard InChI is InChI=1S/C16H14Cl2N2O4S4/c17-13-4-6-15(25-13)27(21,22)19-9-11-2-1-3-12(8-11)10-20-28(23,24)16-7-5-14(18)26-16/h1-8,19-20H,9-10H2. The second-order valence-corrected chi connectivity index (χ2v) is 13.0. The molecule has 0 aliphatic rings. The molecule has 0 aliphatic heterocycles. The van der Waals surface area contributed by atoms with E-state index in [-0.39, 0.29) is 21.5 Å². The van der Waals surface area contributed by atoms with Gasteiger partial charge in [-0.3, -0.25) is 0 Å². The van der Waals surface area contributed by atoms with Crippen molar-refractivity contribution >= 4 is 65.9 Å². The number of sulfonamides is 2. The molecule has 0 unspecified atom stereocenters. The first-order chi connectivity index (χ1) is 13.2. The van der Waals surface area contributed by atoms with E-state index in [0.29, 0.717) is 19.8 Å².